The van der Waals surface area contributed by atoms with E-state index in [1.165, 1.54) is 23.8 Å². The van der Waals surface area contributed by atoms with Crippen molar-refractivity contribution in [2.45, 2.75) is 19.9 Å². The first-order valence-corrected chi connectivity index (χ1v) is 13.3. The number of hydrogen-bond donors (Lipinski definition) is 0. The van der Waals surface area contributed by atoms with E-state index in [9.17, 15) is 19.7 Å². The number of rotatable bonds is 8. The number of thiazole rings is 1. The molecule has 0 amide bonds. The van der Waals surface area contributed by atoms with E-state index in [-0.39, 0.29) is 23.6 Å². The Morgan fingerprint density at radius 3 is 2.68 bits per heavy atom. The molecule has 5 rings (SSSR count). The molecule has 0 radical (unpaired) electrons. The van der Waals surface area contributed by atoms with Gasteiger partial charge in [0.15, 0.2) is 4.80 Å². The lowest BCUT2D eigenvalue weighted by molar-refractivity contribution is -0.384. The molecule has 1 aliphatic heterocycles. The maximum Gasteiger partial charge on any atom is 0.338 e. The fourth-order valence-corrected chi connectivity index (χ4v) is 5.62. The number of nitrogens with zero attached hydrogens (tertiary/aromatic N) is 3. The molecule has 0 saturated carbocycles. The van der Waals surface area contributed by atoms with Crippen LogP contribution in [-0.4, -0.2) is 36.3 Å². The lowest BCUT2D eigenvalue weighted by atomic mass is 10.0. The Labute approximate surface area is 237 Å². The molecule has 0 fully saturated rings. The molecule has 1 aliphatic rings. The van der Waals surface area contributed by atoms with Crippen molar-refractivity contribution in [1.82, 2.24) is 4.57 Å². The zero-order valence-electron chi connectivity index (χ0n) is 22.6. The molecular weight excluding hydrogens is 550 g/mol. The highest BCUT2D eigenvalue weighted by molar-refractivity contribution is 7.07. The summed E-state index contributed by atoms with van der Waals surface area (Å²) in [5.41, 5.74) is 1.15. The van der Waals surface area contributed by atoms with Crippen LogP contribution in [0.4, 0.5) is 5.69 Å². The fourth-order valence-electron chi connectivity index (χ4n) is 4.58. The van der Waals surface area contributed by atoms with Crippen molar-refractivity contribution in [2.75, 3.05) is 20.8 Å². The van der Waals surface area contributed by atoms with E-state index in [1.807, 2.05) is 0 Å². The van der Waals surface area contributed by atoms with Gasteiger partial charge in [0.25, 0.3) is 11.2 Å². The Hall–Kier alpha value is -4.97. The lowest BCUT2D eigenvalue weighted by Crippen LogP contribution is -2.39. The molecule has 0 unspecified atom stereocenters. The number of furan rings is 1. The largest absolute Gasteiger partial charge is 0.497 e. The summed E-state index contributed by atoms with van der Waals surface area (Å²) in [4.78, 5) is 42.8. The van der Waals surface area contributed by atoms with Gasteiger partial charge in [-0.3, -0.25) is 19.5 Å². The van der Waals surface area contributed by atoms with Gasteiger partial charge < -0.3 is 18.6 Å². The van der Waals surface area contributed by atoms with Crippen LogP contribution in [0.5, 0.6) is 11.5 Å². The van der Waals surface area contributed by atoms with E-state index in [0.29, 0.717) is 43.4 Å². The van der Waals surface area contributed by atoms with Crippen LogP contribution in [0.2, 0.25) is 0 Å². The van der Waals surface area contributed by atoms with E-state index in [0.717, 1.165) is 11.3 Å². The van der Waals surface area contributed by atoms with Gasteiger partial charge in [-0.2, -0.15) is 0 Å². The number of hydrogen-bond acceptors (Lipinski definition) is 10. The Balaban J connectivity index is 1.69. The third-order valence-electron chi connectivity index (χ3n) is 6.48. The standard InChI is InChI=1S/C29H25N3O8S/c1-5-39-28(34)25-16(2)30-29-31(27(33)24(41-29)15-18-14-20(37-3)9-10-21(18)38-4)26(25)23-12-11-22(40-23)17-7-6-8-19(13-17)32(35)36/h6-15,26H,5H2,1-4H3/b24-15-/t26-/m1/s1. The van der Waals surface area contributed by atoms with Crippen molar-refractivity contribution in [2.24, 2.45) is 4.99 Å². The molecule has 11 nitrogen and oxygen atoms in total. The minimum Gasteiger partial charge on any atom is -0.497 e. The van der Waals surface area contributed by atoms with Crippen molar-refractivity contribution in [3.63, 3.8) is 0 Å². The number of aromatic nitrogens is 1. The Bertz CT molecular complexity index is 1880. The molecule has 1 atom stereocenters. The van der Waals surface area contributed by atoms with Crippen molar-refractivity contribution >= 4 is 29.1 Å². The van der Waals surface area contributed by atoms with Gasteiger partial charge in [-0.25, -0.2) is 9.79 Å². The first kappa shape index (κ1) is 27.6. The van der Waals surface area contributed by atoms with Crippen molar-refractivity contribution < 1.29 is 28.3 Å². The van der Waals surface area contributed by atoms with Crippen LogP contribution in [0.1, 0.15) is 31.2 Å². The third-order valence-corrected chi connectivity index (χ3v) is 7.46. The molecule has 2 aromatic heterocycles. The summed E-state index contributed by atoms with van der Waals surface area (Å²) in [6.45, 7) is 3.48. The molecule has 41 heavy (non-hydrogen) atoms. The summed E-state index contributed by atoms with van der Waals surface area (Å²) < 4.78 is 24.0. The van der Waals surface area contributed by atoms with Crippen LogP contribution in [0, 0.1) is 10.1 Å². The van der Waals surface area contributed by atoms with Gasteiger partial charge in [-0.1, -0.05) is 23.5 Å². The van der Waals surface area contributed by atoms with Crippen molar-refractivity contribution in [3.05, 3.63) is 107 Å². The highest BCUT2D eigenvalue weighted by atomic mass is 32.1. The van der Waals surface area contributed by atoms with Gasteiger partial charge in [0.05, 0.1) is 41.6 Å². The zero-order chi connectivity index (χ0) is 29.3. The zero-order valence-corrected chi connectivity index (χ0v) is 23.4. The first-order valence-electron chi connectivity index (χ1n) is 12.5. The summed E-state index contributed by atoms with van der Waals surface area (Å²) >= 11 is 1.16. The van der Waals surface area contributed by atoms with E-state index in [2.05, 4.69) is 4.99 Å². The molecule has 210 valence electrons. The number of nitro benzene ring substituents is 1. The van der Waals surface area contributed by atoms with Gasteiger partial charge in [0, 0.05) is 23.3 Å². The summed E-state index contributed by atoms with van der Waals surface area (Å²) in [5, 5.41) is 11.3. The number of esters is 1. The number of carbonyl (C=O) groups excluding carboxylic acids is 1. The Kier molecular flexibility index (Phi) is 7.58. The summed E-state index contributed by atoms with van der Waals surface area (Å²) in [6.07, 6.45) is 1.68. The van der Waals surface area contributed by atoms with Crippen LogP contribution in [0.25, 0.3) is 17.4 Å². The number of non-ortho nitro benzene ring substituents is 1. The minimum absolute atomic E-state index is 0.0932. The maximum atomic E-state index is 13.9. The predicted molar refractivity (Wildman–Crippen MR) is 151 cm³/mol. The average Bonchev–Trinajstić information content (AvgIpc) is 3.57. The quantitative estimate of drug-likeness (QED) is 0.175. The lowest BCUT2D eigenvalue weighted by Gasteiger charge is -2.22. The molecule has 0 bridgehead atoms. The molecule has 0 aliphatic carbocycles. The molecule has 0 N–H and O–H groups in total. The fraction of sp³-hybridized carbons (Fsp3) is 0.207. The minimum atomic E-state index is -0.980. The Morgan fingerprint density at radius 2 is 1.98 bits per heavy atom. The van der Waals surface area contributed by atoms with Crippen LogP contribution >= 0.6 is 11.3 Å². The van der Waals surface area contributed by atoms with Gasteiger partial charge in [-0.05, 0) is 50.3 Å². The second kappa shape index (κ2) is 11.3. The number of methoxy groups -OCH3 is 2. The van der Waals surface area contributed by atoms with Crippen LogP contribution in [-0.2, 0) is 9.53 Å². The summed E-state index contributed by atoms with van der Waals surface area (Å²) in [6, 6.07) is 13.6. The van der Waals surface area contributed by atoms with E-state index in [1.54, 1.807) is 69.5 Å². The van der Waals surface area contributed by atoms with Crippen LogP contribution in [0.15, 0.2) is 80.1 Å². The van der Waals surface area contributed by atoms with E-state index in [4.69, 9.17) is 18.6 Å². The van der Waals surface area contributed by atoms with Crippen molar-refractivity contribution in [3.8, 4) is 22.8 Å². The summed E-state index contributed by atoms with van der Waals surface area (Å²) in [5.74, 6) is 1.12. The number of benzene rings is 2. The Morgan fingerprint density at radius 1 is 1.17 bits per heavy atom. The number of nitro groups is 1. The van der Waals surface area contributed by atoms with Gasteiger partial charge >= 0.3 is 5.97 Å². The number of carbonyl (C=O) groups is 1. The molecule has 0 spiro atoms. The van der Waals surface area contributed by atoms with Crippen molar-refractivity contribution in [1.29, 1.82) is 0 Å². The molecule has 2 aromatic carbocycles. The monoisotopic (exact) mass is 575 g/mol. The maximum absolute atomic E-state index is 13.9. The molecule has 12 heteroatoms. The molecule has 3 heterocycles. The first-order chi connectivity index (χ1) is 19.7. The second-order valence-corrected chi connectivity index (χ2v) is 9.93. The number of ether oxygens (including phenoxy) is 3. The number of allylic oxidation sites excluding steroid dienone is 1. The highest BCUT2D eigenvalue weighted by Crippen LogP contribution is 2.35. The second-order valence-electron chi connectivity index (χ2n) is 8.92. The topological polar surface area (TPSA) is 135 Å². The van der Waals surface area contributed by atoms with Gasteiger partial charge in [-0.15, -0.1) is 0 Å². The predicted octanol–water partition coefficient (Wildman–Crippen LogP) is 3.98. The smallest absolute Gasteiger partial charge is 0.338 e. The van der Waals surface area contributed by atoms with Gasteiger partial charge in [0.1, 0.15) is 29.1 Å². The third kappa shape index (κ3) is 5.16. The molecule has 4 aromatic rings. The molecule has 0 saturated heterocycles. The van der Waals surface area contributed by atoms with Crippen LogP contribution < -0.4 is 24.4 Å². The summed E-state index contributed by atoms with van der Waals surface area (Å²) in [7, 11) is 3.08. The van der Waals surface area contributed by atoms with E-state index < -0.39 is 22.5 Å². The van der Waals surface area contributed by atoms with Gasteiger partial charge in [0.2, 0.25) is 0 Å². The normalized spacial score (nSPS) is 14.8. The number of fused-ring (bicyclic) bond motifs is 1. The average molecular weight is 576 g/mol. The SMILES string of the molecule is CCOC(=O)C1=C(C)N=c2s/c(=C\c3cc(OC)ccc3OC)c(=O)n2[C@@H]1c1ccc(-c2cccc([N+](=O)[O-])c2)o1. The van der Waals surface area contributed by atoms with E-state index >= 15 is 0 Å². The van der Waals surface area contributed by atoms with Crippen LogP contribution in [0.3, 0.4) is 0 Å². The highest BCUT2D eigenvalue weighted by Gasteiger charge is 2.35. The molecular formula is C29H25N3O8S.